The first-order chi connectivity index (χ1) is 9.97. The standard InChI is InChI=1S/C16H22N2O3/c1-9-13(5-6-15(19)20)10(2)18(16(21)17-9)14-8-11-3-4-12(14)7-11/h11-12,14H,3-8H2,1-2H3,(H,19,20). The lowest BCUT2D eigenvalue weighted by molar-refractivity contribution is -0.136. The Balaban J connectivity index is 1.98. The third kappa shape index (κ3) is 2.49. The number of carbonyl (C=O) groups is 1. The number of aryl methyl sites for hydroxylation is 1. The molecule has 5 nitrogen and oxygen atoms in total. The molecule has 0 aromatic carbocycles. The molecule has 3 rings (SSSR count). The first-order valence-electron chi connectivity index (χ1n) is 7.77. The predicted octanol–water partition coefficient (Wildman–Crippen LogP) is 2.24. The molecule has 0 saturated heterocycles. The summed E-state index contributed by atoms with van der Waals surface area (Å²) in [5, 5.41) is 8.89. The van der Waals surface area contributed by atoms with E-state index in [1.165, 1.54) is 19.3 Å². The fourth-order valence-electron chi connectivity index (χ4n) is 4.33. The van der Waals surface area contributed by atoms with Crippen molar-refractivity contribution in [1.29, 1.82) is 0 Å². The SMILES string of the molecule is Cc1nc(=O)n(C2CC3CCC2C3)c(C)c1CCC(=O)O. The van der Waals surface area contributed by atoms with Gasteiger partial charge < -0.3 is 5.11 Å². The maximum Gasteiger partial charge on any atom is 0.348 e. The van der Waals surface area contributed by atoms with Crippen molar-refractivity contribution in [1.82, 2.24) is 9.55 Å². The molecule has 3 atom stereocenters. The zero-order chi connectivity index (χ0) is 15.1. The molecular weight excluding hydrogens is 268 g/mol. The molecule has 2 bridgehead atoms. The van der Waals surface area contributed by atoms with Gasteiger partial charge in [-0.05, 0) is 56.9 Å². The normalized spacial score (nSPS) is 27.2. The molecule has 2 fully saturated rings. The summed E-state index contributed by atoms with van der Waals surface area (Å²) in [6.07, 6.45) is 5.34. The van der Waals surface area contributed by atoms with Crippen molar-refractivity contribution < 1.29 is 9.90 Å². The second kappa shape index (κ2) is 5.28. The number of hydrogen-bond acceptors (Lipinski definition) is 3. The molecule has 21 heavy (non-hydrogen) atoms. The highest BCUT2D eigenvalue weighted by Gasteiger charge is 2.41. The molecule has 114 valence electrons. The van der Waals surface area contributed by atoms with Gasteiger partial charge in [-0.1, -0.05) is 6.42 Å². The Kier molecular flexibility index (Phi) is 3.59. The van der Waals surface area contributed by atoms with Crippen LogP contribution in [0.3, 0.4) is 0 Å². The van der Waals surface area contributed by atoms with E-state index in [9.17, 15) is 9.59 Å². The Labute approximate surface area is 124 Å². The van der Waals surface area contributed by atoms with Gasteiger partial charge in [-0.3, -0.25) is 9.36 Å². The molecule has 0 aliphatic heterocycles. The van der Waals surface area contributed by atoms with Crippen LogP contribution in [0.25, 0.3) is 0 Å². The molecule has 2 aliphatic carbocycles. The van der Waals surface area contributed by atoms with E-state index in [1.807, 2.05) is 11.5 Å². The van der Waals surface area contributed by atoms with Crippen LogP contribution in [0.15, 0.2) is 4.79 Å². The lowest BCUT2D eigenvalue weighted by Crippen LogP contribution is -2.33. The van der Waals surface area contributed by atoms with Gasteiger partial charge in [-0.15, -0.1) is 0 Å². The van der Waals surface area contributed by atoms with Crippen molar-refractivity contribution in [3.8, 4) is 0 Å². The highest BCUT2D eigenvalue weighted by molar-refractivity contribution is 5.67. The van der Waals surface area contributed by atoms with Crippen molar-refractivity contribution >= 4 is 5.97 Å². The maximum atomic E-state index is 12.4. The fraction of sp³-hybridized carbons (Fsp3) is 0.688. The highest BCUT2D eigenvalue weighted by atomic mass is 16.4. The Morgan fingerprint density at radius 2 is 2.10 bits per heavy atom. The molecule has 1 aromatic rings. The number of nitrogens with zero attached hydrogens (tertiary/aromatic N) is 2. The minimum absolute atomic E-state index is 0.0816. The zero-order valence-electron chi connectivity index (χ0n) is 12.6. The van der Waals surface area contributed by atoms with Crippen molar-refractivity contribution in [2.24, 2.45) is 11.8 Å². The van der Waals surface area contributed by atoms with Crippen LogP contribution in [0.4, 0.5) is 0 Å². The molecule has 1 N–H and O–H groups in total. The van der Waals surface area contributed by atoms with E-state index in [4.69, 9.17) is 5.11 Å². The van der Waals surface area contributed by atoms with E-state index >= 15 is 0 Å². The predicted molar refractivity (Wildman–Crippen MR) is 78.4 cm³/mol. The minimum atomic E-state index is -0.813. The van der Waals surface area contributed by atoms with Gasteiger partial charge in [0.2, 0.25) is 0 Å². The van der Waals surface area contributed by atoms with Crippen LogP contribution in [0.1, 0.15) is 55.1 Å². The lowest BCUT2D eigenvalue weighted by Gasteiger charge is -2.27. The molecule has 3 unspecified atom stereocenters. The minimum Gasteiger partial charge on any atom is -0.481 e. The van der Waals surface area contributed by atoms with Crippen LogP contribution in [-0.2, 0) is 11.2 Å². The van der Waals surface area contributed by atoms with E-state index in [0.29, 0.717) is 18.0 Å². The second-order valence-corrected chi connectivity index (χ2v) is 6.55. The van der Waals surface area contributed by atoms with E-state index in [2.05, 4.69) is 4.98 Å². The van der Waals surface area contributed by atoms with Gasteiger partial charge in [-0.2, -0.15) is 4.98 Å². The molecule has 5 heteroatoms. The van der Waals surface area contributed by atoms with Crippen LogP contribution >= 0.6 is 0 Å². The van der Waals surface area contributed by atoms with Gasteiger partial charge >= 0.3 is 11.7 Å². The maximum absolute atomic E-state index is 12.4. The topological polar surface area (TPSA) is 72.2 Å². The monoisotopic (exact) mass is 290 g/mol. The molecule has 0 spiro atoms. The summed E-state index contributed by atoms with van der Waals surface area (Å²) in [6, 6.07) is 0.271. The number of fused-ring (bicyclic) bond motifs is 2. The average molecular weight is 290 g/mol. The molecule has 2 aliphatic rings. The van der Waals surface area contributed by atoms with Gasteiger partial charge in [0.15, 0.2) is 0 Å². The van der Waals surface area contributed by atoms with Crippen molar-refractivity contribution in [2.75, 3.05) is 0 Å². The molecule has 2 saturated carbocycles. The largest absolute Gasteiger partial charge is 0.481 e. The Morgan fingerprint density at radius 3 is 2.67 bits per heavy atom. The third-order valence-corrected chi connectivity index (χ3v) is 5.33. The smallest absolute Gasteiger partial charge is 0.348 e. The van der Waals surface area contributed by atoms with Gasteiger partial charge in [-0.25, -0.2) is 4.79 Å². The molecule has 1 heterocycles. The van der Waals surface area contributed by atoms with E-state index in [0.717, 1.165) is 23.6 Å². The Bertz CT molecular complexity index is 635. The summed E-state index contributed by atoms with van der Waals surface area (Å²) >= 11 is 0. The molecule has 0 radical (unpaired) electrons. The summed E-state index contributed by atoms with van der Waals surface area (Å²) in [7, 11) is 0. The summed E-state index contributed by atoms with van der Waals surface area (Å²) in [5.74, 6) is 0.546. The molecule has 1 aromatic heterocycles. The van der Waals surface area contributed by atoms with Crippen LogP contribution < -0.4 is 5.69 Å². The molecule has 0 amide bonds. The highest BCUT2D eigenvalue weighted by Crippen LogP contribution is 2.50. The quantitative estimate of drug-likeness (QED) is 0.923. The van der Waals surface area contributed by atoms with Crippen LogP contribution in [0, 0.1) is 25.7 Å². The van der Waals surface area contributed by atoms with Gasteiger partial charge in [0.1, 0.15) is 0 Å². The number of aromatic nitrogens is 2. The summed E-state index contributed by atoms with van der Waals surface area (Å²) in [4.78, 5) is 27.3. The van der Waals surface area contributed by atoms with E-state index in [1.54, 1.807) is 6.92 Å². The second-order valence-electron chi connectivity index (χ2n) is 6.55. The number of rotatable bonds is 4. The van der Waals surface area contributed by atoms with Crippen molar-refractivity contribution in [2.45, 2.75) is 58.4 Å². The first-order valence-corrected chi connectivity index (χ1v) is 7.77. The summed E-state index contributed by atoms with van der Waals surface area (Å²) in [5.41, 5.74) is 2.37. The zero-order valence-corrected chi connectivity index (χ0v) is 12.6. The van der Waals surface area contributed by atoms with E-state index in [-0.39, 0.29) is 18.2 Å². The number of carboxylic acid groups (broad SMARTS) is 1. The molecular formula is C16H22N2O3. The Morgan fingerprint density at radius 1 is 1.33 bits per heavy atom. The average Bonchev–Trinajstić information content (AvgIpc) is 3.00. The van der Waals surface area contributed by atoms with E-state index < -0.39 is 5.97 Å². The number of carboxylic acids is 1. The van der Waals surface area contributed by atoms with Crippen molar-refractivity contribution in [3.05, 3.63) is 27.4 Å². The van der Waals surface area contributed by atoms with Gasteiger partial charge in [0.05, 0.1) is 0 Å². The van der Waals surface area contributed by atoms with Crippen LogP contribution in [0.5, 0.6) is 0 Å². The van der Waals surface area contributed by atoms with Crippen LogP contribution in [0.2, 0.25) is 0 Å². The number of hydrogen-bond donors (Lipinski definition) is 1. The fourth-order valence-corrected chi connectivity index (χ4v) is 4.33. The van der Waals surface area contributed by atoms with Gasteiger partial charge in [0.25, 0.3) is 0 Å². The lowest BCUT2D eigenvalue weighted by atomic mass is 9.94. The first kappa shape index (κ1) is 14.3. The van der Waals surface area contributed by atoms with Gasteiger partial charge in [0, 0.05) is 23.9 Å². The number of aliphatic carboxylic acids is 1. The Hall–Kier alpha value is -1.65. The summed E-state index contributed by atoms with van der Waals surface area (Å²) in [6.45, 7) is 3.75. The van der Waals surface area contributed by atoms with Crippen LogP contribution in [-0.4, -0.2) is 20.6 Å². The summed E-state index contributed by atoms with van der Waals surface area (Å²) < 4.78 is 1.86. The third-order valence-electron chi connectivity index (χ3n) is 5.33. The van der Waals surface area contributed by atoms with Crippen molar-refractivity contribution in [3.63, 3.8) is 0 Å².